The molecule has 9 heteroatoms. The molecular formula is C28H29N3O4S2. The first kappa shape index (κ1) is 26.6. The minimum absolute atomic E-state index is 0.198. The van der Waals surface area contributed by atoms with Gasteiger partial charge in [-0.05, 0) is 43.7 Å². The summed E-state index contributed by atoms with van der Waals surface area (Å²) in [6, 6.07) is 10.8. The lowest BCUT2D eigenvalue weighted by molar-refractivity contribution is 0.0527. The van der Waals surface area contributed by atoms with Crippen LogP contribution in [0.25, 0.3) is 16.8 Å². The standard InChI is InChI=1S/C28H29N3O4S2/c1-4-35-27(32)23-17(2)24(28(33)34-3)37-26(23)30-15-21(14-29)25-31-22(16-36-25)20-12-10-19(11-13-20)18-8-6-5-7-9-18/h10-13,15-16,18,30H,4-9H2,1-3H3/b21-15-. The van der Waals surface area contributed by atoms with Crippen LogP contribution in [0, 0.1) is 18.3 Å². The van der Waals surface area contributed by atoms with Crippen molar-refractivity contribution in [3.05, 3.63) is 62.4 Å². The van der Waals surface area contributed by atoms with E-state index in [1.807, 2.05) is 5.38 Å². The second kappa shape index (κ2) is 12.2. The third kappa shape index (κ3) is 5.92. The monoisotopic (exact) mass is 535 g/mol. The normalized spacial score (nSPS) is 14.2. The number of allylic oxidation sites excluding steroid dienone is 1. The number of aromatic nitrogens is 1. The molecule has 1 aliphatic rings. The average Bonchev–Trinajstić information content (AvgIpc) is 3.54. The summed E-state index contributed by atoms with van der Waals surface area (Å²) in [6.45, 7) is 3.58. The highest BCUT2D eigenvalue weighted by molar-refractivity contribution is 7.18. The molecule has 0 radical (unpaired) electrons. The van der Waals surface area contributed by atoms with Gasteiger partial charge >= 0.3 is 11.9 Å². The number of esters is 2. The fourth-order valence-corrected chi connectivity index (χ4v) is 6.40. The van der Waals surface area contributed by atoms with Gasteiger partial charge in [-0.25, -0.2) is 14.6 Å². The van der Waals surface area contributed by atoms with Crippen molar-refractivity contribution in [1.29, 1.82) is 5.26 Å². The fraction of sp³-hybridized carbons (Fsp3) is 0.357. The number of nitrogens with zero attached hydrogens (tertiary/aromatic N) is 2. The molecule has 1 saturated carbocycles. The van der Waals surface area contributed by atoms with Crippen LogP contribution in [0.2, 0.25) is 0 Å². The summed E-state index contributed by atoms with van der Waals surface area (Å²) in [6.07, 6.45) is 7.95. The van der Waals surface area contributed by atoms with E-state index < -0.39 is 11.9 Å². The van der Waals surface area contributed by atoms with Crippen molar-refractivity contribution < 1.29 is 19.1 Å². The summed E-state index contributed by atoms with van der Waals surface area (Å²) < 4.78 is 10.0. The number of benzene rings is 1. The number of methoxy groups -OCH3 is 1. The Kier molecular flexibility index (Phi) is 8.74. The first-order chi connectivity index (χ1) is 18.0. The number of thiazole rings is 1. The van der Waals surface area contributed by atoms with E-state index in [1.165, 1.54) is 62.3 Å². The molecule has 0 atom stereocenters. The quantitative estimate of drug-likeness (QED) is 0.241. The van der Waals surface area contributed by atoms with E-state index in [0.717, 1.165) is 22.6 Å². The molecule has 4 rings (SSSR count). The van der Waals surface area contributed by atoms with Crippen molar-refractivity contribution in [2.45, 2.75) is 51.9 Å². The Bertz CT molecular complexity index is 1340. The average molecular weight is 536 g/mol. The molecule has 2 heterocycles. The third-order valence-electron chi connectivity index (χ3n) is 6.48. The molecule has 0 spiro atoms. The number of thiophene rings is 1. The lowest BCUT2D eigenvalue weighted by Gasteiger charge is -2.22. The number of nitriles is 1. The summed E-state index contributed by atoms with van der Waals surface area (Å²) in [5.74, 6) is -0.438. The maximum atomic E-state index is 12.6. The molecule has 192 valence electrons. The van der Waals surface area contributed by atoms with E-state index in [2.05, 4.69) is 40.6 Å². The van der Waals surface area contributed by atoms with Crippen molar-refractivity contribution in [2.75, 3.05) is 19.0 Å². The maximum Gasteiger partial charge on any atom is 0.348 e. The Labute approximate surface area is 224 Å². The second-order valence-electron chi connectivity index (χ2n) is 8.78. The molecule has 0 unspecified atom stereocenters. The fourth-order valence-electron chi connectivity index (χ4n) is 4.52. The molecule has 1 fully saturated rings. The highest BCUT2D eigenvalue weighted by atomic mass is 32.1. The summed E-state index contributed by atoms with van der Waals surface area (Å²) >= 11 is 2.45. The van der Waals surface area contributed by atoms with Gasteiger partial charge in [0, 0.05) is 17.1 Å². The zero-order chi connectivity index (χ0) is 26.4. The van der Waals surface area contributed by atoms with E-state index >= 15 is 0 Å². The zero-order valence-electron chi connectivity index (χ0n) is 21.1. The Balaban J connectivity index is 1.56. The molecular weight excluding hydrogens is 506 g/mol. The van der Waals surface area contributed by atoms with Gasteiger partial charge in [-0.15, -0.1) is 22.7 Å². The minimum Gasteiger partial charge on any atom is -0.465 e. The van der Waals surface area contributed by atoms with Gasteiger partial charge in [-0.3, -0.25) is 0 Å². The Morgan fingerprint density at radius 1 is 1.19 bits per heavy atom. The van der Waals surface area contributed by atoms with E-state index in [-0.39, 0.29) is 12.2 Å². The Morgan fingerprint density at radius 3 is 2.57 bits per heavy atom. The van der Waals surface area contributed by atoms with Crippen LogP contribution in [0.3, 0.4) is 0 Å². The first-order valence-electron chi connectivity index (χ1n) is 12.3. The molecule has 0 aliphatic heterocycles. The number of hydrogen-bond donors (Lipinski definition) is 1. The largest absolute Gasteiger partial charge is 0.465 e. The number of carbonyl (C=O) groups is 2. The van der Waals surface area contributed by atoms with Crippen molar-refractivity contribution in [2.24, 2.45) is 0 Å². The number of rotatable bonds is 8. The molecule has 1 aliphatic carbocycles. The molecule has 2 aromatic heterocycles. The molecule has 7 nitrogen and oxygen atoms in total. The van der Waals surface area contributed by atoms with Crippen LogP contribution in [-0.2, 0) is 9.47 Å². The van der Waals surface area contributed by atoms with E-state index in [0.29, 0.717) is 31.9 Å². The Hall–Kier alpha value is -3.48. The van der Waals surface area contributed by atoms with E-state index in [1.54, 1.807) is 13.8 Å². The lowest BCUT2D eigenvalue weighted by atomic mass is 9.84. The number of anilines is 1. The molecule has 1 N–H and O–H groups in total. The van der Waals surface area contributed by atoms with Crippen LogP contribution < -0.4 is 5.32 Å². The van der Waals surface area contributed by atoms with E-state index in [4.69, 9.17) is 9.47 Å². The summed E-state index contributed by atoms with van der Waals surface area (Å²) in [5, 5.41) is 15.7. The van der Waals surface area contributed by atoms with E-state index in [9.17, 15) is 14.9 Å². The van der Waals surface area contributed by atoms with Gasteiger partial charge in [-0.1, -0.05) is 43.5 Å². The van der Waals surface area contributed by atoms with Gasteiger partial charge in [0.2, 0.25) is 0 Å². The molecule has 1 aromatic carbocycles. The highest BCUT2D eigenvalue weighted by Crippen LogP contribution is 2.36. The van der Waals surface area contributed by atoms with Gasteiger partial charge in [0.1, 0.15) is 26.5 Å². The summed E-state index contributed by atoms with van der Waals surface area (Å²) in [5.41, 5.74) is 4.24. The van der Waals surface area contributed by atoms with Crippen LogP contribution in [0.4, 0.5) is 5.00 Å². The molecule has 37 heavy (non-hydrogen) atoms. The number of carbonyl (C=O) groups excluding carboxylic acids is 2. The van der Waals surface area contributed by atoms with Gasteiger partial charge in [0.25, 0.3) is 0 Å². The van der Waals surface area contributed by atoms with Gasteiger partial charge < -0.3 is 14.8 Å². The van der Waals surface area contributed by atoms with Gasteiger partial charge in [-0.2, -0.15) is 5.26 Å². The topological polar surface area (TPSA) is 101 Å². The second-order valence-corrected chi connectivity index (χ2v) is 10.7. The SMILES string of the molecule is CCOC(=O)c1c(N/C=C(/C#N)c2nc(-c3ccc(C4CCCCC4)cc3)cs2)sc(C(=O)OC)c1C. The smallest absolute Gasteiger partial charge is 0.348 e. The van der Waals surface area contributed by atoms with Gasteiger partial charge in [0.15, 0.2) is 0 Å². The van der Waals surface area contributed by atoms with Crippen molar-refractivity contribution >= 4 is 45.2 Å². The molecule has 0 amide bonds. The number of nitrogens with one attached hydrogen (secondary N) is 1. The predicted octanol–water partition coefficient (Wildman–Crippen LogP) is 7.17. The van der Waals surface area contributed by atoms with Crippen molar-refractivity contribution in [3.8, 4) is 17.3 Å². The molecule has 0 bridgehead atoms. The molecule has 3 aromatic rings. The van der Waals surface area contributed by atoms with Gasteiger partial charge in [0.05, 0.1) is 25.0 Å². The Morgan fingerprint density at radius 2 is 1.92 bits per heavy atom. The van der Waals surface area contributed by atoms with Crippen LogP contribution in [0.15, 0.2) is 35.8 Å². The number of ether oxygens (including phenoxy) is 2. The summed E-state index contributed by atoms with van der Waals surface area (Å²) in [4.78, 5) is 29.7. The van der Waals surface area contributed by atoms with Crippen LogP contribution >= 0.6 is 22.7 Å². The number of hydrogen-bond acceptors (Lipinski definition) is 9. The first-order valence-corrected chi connectivity index (χ1v) is 14.0. The molecule has 0 saturated heterocycles. The third-order valence-corrected chi connectivity index (χ3v) is 8.56. The van der Waals surface area contributed by atoms with Crippen LogP contribution in [-0.4, -0.2) is 30.6 Å². The van der Waals surface area contributed by atoms with Crippen LogP contribution in [0.1, 0.15) is 81.1 Å². The highest BCUT2D eigenvalue weighted by Gasteiger charge is 2.26. The maximum absolute atomic E-state index is 12.6. The van der Waals surface area contributed by atoms with Crippen LogP contribution in [0.5, 0.6) is 0 Å². The minimum atomic E-state index is -0.547. The van der Waals surface area contributed by atoms with Crippen molar-refractivity contribution in [3.63, 3.8) is 0 Å². The lowest BCUT2D eigenvalue weighted by Crippen LogP contribution is -2.08. The zero-order valence-corrected chi connectivity index (χ0v) is 22.8. The summed E-state index contributed by atoms with van der Waals surface area (Å²) in [7, 11) is 1.29. The van der Waals surface area contributed by atoms with Crippen molar-refractivity contribution in [1.82, 2.24) is 4.98 Å². The predicted molar refractivity (Wildman–Crippen MR) is 147 cm³/mol.